The summed E-state index contributed by atoms with van der Waals surface area (Å²) in [5.74, 6) is 0.920. The Labute approximate surface area is 107 Å². The Morgan fingerprint density at radius 1 is 1.53 bits per heavy atom. The summed E-state index contributed by atoms with van der Waals surface area (Å²) in [5, 5.41) is 0.338. The quantitative estimate of drug-likeness (QED) is 0.839. The highest BCUT2D eigenvalue weighted by Crippen LogP contribution is 2.20. The van der Waals surface area contributed by atoms with Crippen LogP contribution in [0.25, 0.3) is 0 Å². The van der Waals surface area contributed by atoms with Crippen molar-refractivity contribution in [1.82, 2.24) is 9.97 Å². The van der Waals surface area contributed by atoms with E-state index in [1.165, 1.54) is 0 Å². The molecule has 4 nitrogen and oxygen atoms in total. The lowest BCUT2D eigenvalue weighted by Crippen LogP contribution is -2.43. The number of nitrogens with two attached hydrogens (primary N) is 1. The molecule has 2 N–H and O–H groups in total. The molecular weight excluding hydrogens is 236 g/mol. The predicted octanol–water partition coefficient (Wildman–Crippen LogP) is 2.01. The maximum atomic E-state index is 5.98. The van der Waals surface area contributed by atoms with Gasteiger partial charge in [-0.05, 0) is 30.9 Å². The van der Waals surface area contributed by atoms with E-state index >= 15 is 0 Å². The summed E-state index contributed by atoms with van der Waals surface area (Å²) in [7, 11) is 0. The van der Waals surface area contributed by atoms with Gasteiger partial charge in [0.15, 0.2) is 0 Å². The Balaban J connectivity index is 2.18. The van der Waals surface area contributed by atoms with Crippen molar-refractivity contribution in [2.75, 3.05) is 18.0 Å². The summed E-state index contributed by atoms with van der Waals surface area (Å²) >= 11 is 5.96. The number of hydrogen-bond acceptors (Lipinski definition) is 4. The van der Waals surface area contributed by atoms with E-state index in [9.17, 15) is 0 Å². The van der Waals surface area contributed by atoms with Crippen LogP contribution in [0.1, 0.15) is 31.9 Å². The van der Waals surface area contributed by atoms with Gasteiger partial charge in [-0.3, -0.25) is 0 Å². The van der Waals surface area contributed by atoms with Gasteiger partial charge < -0.3 is 10.6 Å². The highest BCUT2D eigenvalue weighted by Gasteiger charge is 2.18. The molecule has 0 saturated carbocycles. The van der Waals surface area contributed by atoms with Crippen molar-refractivity contribution >= 4 is 17.4 Å². The molecule has 0 radical (unpaired) electrons. The summed E-state index contributed by atoms with van der Waals surface area (Å²) in [5.41, 5.74) is 6.99. The zero-order valence-electron chi connectivity index (χ0n) is 10.2. The second-order valence-electron chi connectivity index (χ2n) is 4.58. The van der Waals surface area contributed by atoms with Gasteiger partial charge >= 0.3 is 0 Å². The van der Waals surface area contributed by atoms with Crippen molar-refractivity contribution in [2.24, 2.45) is 5.73 Å². The van der Waals surface area contributed by atoms with Crippen LogP contribution < -0.4 is 10.6 Å². The lowest BCUT2D eigenvalue weighted by molar-refractivity contribution is 0.503. The highest BCUT2D eigenvalue weighted by atomic mass is 35.5. The molecule has 1 saturated heterocycles. The molecule has 94 valence electrons. The Bertz CT molecular complexity index is 383. The number of rotatable bonds is 3. The van der Waals surface area contributed by atoms with Crippen LogP contribution in [0, 0.1) is 0 Å². The topological polar surface area (TPSA) is 55.0 Å². The summed E-state index contributed by atoms with van der Waals surface area (Å²) in [6.45, 7) is 4.00. The molecule has 1 aromatic heterocycles. The molecule has 1 aliphatic rings. The molecular formula is C12H19ClN4. The van der Waals surface area contributed by atoms with Crippen molar-refractivity contribution in [3.05, 3.63) is 17.0 Å². The number of piperidine rings is 1. The fraction of sp³-hybridized carbons (Fsp3) is 0.667. The predicted molar refractivity (Wildman–Crippen MR) is 70.5 cm³/mol. The van der Waals surface area contributed by atoms with Crippen LogP contribution in [-0.4, -0.2) is 29.1 Å². The standard InChI is InChI=1S/C12H19ClN4/c1-2-4-10-7-11(16-12(13)15-10)17-6-3-5-9(14)8-17/h7,9H,2-6,8,14H2,1H3. The van der Waals surface area contributed by atoms with E-state index in [0.717, 1.165) is 50.3 Å². The molecule has 1 atom stereocenters. The van der Waals surface area contributed by atoms with Crippen molar-refractivity contribution in [3.8, 4) is 0 Å². The van der Waals surface area contributed by atoms with Gasteiger partial charge in [-0.15, -0.1) is 0 Å². The van der Waals surface area contributed by atoms with Crippen LogP contribution in [0.15, 0.2) is 6.07 Å². The largest absolute Gasteiger partial charge is 0.355 e. The van der Waals surface area contributed by atoms with E-state index in [1.807, 2.05) is 6.07 Å². The van der Waals surface area contributed by atoms with Crippen molar-refractivity contribution in [2.45, 2.75) is 38.6 Å². The third kappa shape index (κ3) is 3.30. The Morgan fingerprint density at radius 3 is 3.06 bits per heavy atom. The molecule has 1 aliphatic heterocycles. The molecule has 0 aliphatic carbocycles. The molecule has 0 amide bonds. The monoisotopic (exact) mass is 254 g/mol. The molecule has 1 aromatic rings. The van der Waals surface area contributed by atoms with Crippen LogP contribution in [0.3, 0.4) is 0 Å². The van der Waals surface area contributed by atoms with Gasteiger partial charge in [0, 0.05) is 30.9 Å². The number of nitrogens with zero attached hydrogens (tertiary/aromatic N) is 3. The minimum Gasteiger partial charge on any atom is -0.355 e. The summed E-state index contributed by atoms with van der Waals surface area (Å²) in [6, 6.07) is 2.28. The Kier molecular flexibility index (Phi) is 4.18. The first kappa shape index (κ1) is 12.6. The molecule has 0 aromatic carbocycles. The fourth-order valence-electron chi connectivity index (χ4n) is 2.22. The third-order valence-electron chi connectivity index (χ3n) is 3.03. The van der Waals surface area contributed by atoms with Crippen molar-refractivity contribution in [1.29, 1.82) is 0 Å². The number of halogens is 1. The van der Waals surface area contributed by atoms with Gasteiger partial charge in [-0.1, -0.05) is 13.3 Å². The molecule has 1 unspecified atom stereocenters. The number of anilines is 1. The normalized spacial score (nSPS) is 20.6. The zero-order valence-corrected chi connectivity index (χ0v) is 11.0. The summed E-state index contributed by atoms with van der Waals surface area (Å²) in [4.78, 5) is 10.7. The van der Waals surface area contributed by atoms with Gasteiger partial charge in [-0.25, -0.2) is 9.97 Å². The van der Waals surface area contributed by atoms with Crippen LogP contribution in [0.5, 0.6) is 0 Å². The second kappa shape index (κ2) is 5.65. The van der Waals surface area contributed by atoms with E-state index in [4.69, 9.17) is 17.3 Å². The minimum atomic E-state index is 0.243. The Morgan fingerprint density at radius 2 is 2.35 bits per heavy atom. The maximum absolute atomic E-state index is 5.98. The van der Waals surface area contributed by atoms with Crippen molar-refractivity contribution < 1.29 is 0 Å². The van der Waals surface area contributed by atoms with E-state index in [1.54, 1.807) is 0 Å². The lowest BCUT2D eigenvalue weighted by Gasteiger charge is -2.31. The van der Waals surface area contributed by atoms with Crippen LogP contribution in [-0.2, 0) is 6.42 Å². The van der Waals surface area contributed by atoms with E-state index in [-0.39, 0.29) is 6.04 Å². The van der Waals surface area contributed by atoms with Gasteiger partial charge in [-0.2, -0.15) is 0 Å². The fourth-order valence-corrected chi connectivity index (χ4v) is 2.41. The van der Waals surface area contributed by atoms with E-state index < -0.39 is 0 Å². The molecule has 2 rings (SSSR count). The lowest BCUT2D eigenvalue weighted by atomic mass is 10.1. The molecule has 2 heterocycles. The number of aromatic nitrogens is 2. The molecule has 0 bridgehead atoms. The van der Waals surface area contributed by atoms with Gasteiger partial charge in [0.1, 0.15) is 5.82 Å². The van der Waals surface area contributed by atoms with Crippen molar-refractivity contribution in [3.63, 3.8) is 0 Å². The number of hydrogen-bond donors (Lipinski definition) is 1. The molecule has 5 heteroatoms. The highest BCUT2D eigenvalue weighted by molar-refractivity contribution is 6.28. The Hall–Kier alpha value is -0.870. The van der Waals surface area contributed by atoms with Crippen LogP contribution in [0.2, 0.25) is 5.28 Å². The van der Waals surface area contributed by atoms with Gasteiger partial charge in [0.25, 0.3) is 0 Å². The van der Waals surface area contributed by atoms with Crippen LogP contribution in [0.4, 0.5) is 5.82 Å². The van der Waals surface area contributed by atoms with Gasteiger partial charge in [0.2, 0.25) is 5.28 Å². The average Bonchev–Trinajstić information content (AvgIpc) is 2.28. The van der Waals surface area contributed by atoms with E-state index in [2.05, 4.69) is 21.8 Å². The first-order chi connectivity index (χ1) is 8.19. The smallest absolute Gasteiger partial charge is 0.224 e. The molecule has 17 heavy (non-hydrogen) atoms. The number of aryl methyl sites for hydroxylation is 1. The molecule has 1 fully saturated rings. The summed E-state index contributed by atoms with van der Waals surface area (Å²) < 4.78 is 0. The maximum Gasteiger partial charge on any atom is 0.224 e. The SMILES string of the molecule is CCCc1cc(N2CCCC(N)C2)nc(Cl)n1. The van der Waals surface area contributed by atoms with Gasteiger partial charge in [0.05, 0.1) is 0 Å². The first-order valence-electron chi connectivity index (χ1n) is 6.23. The molecule has 0 spiro atoms. The second-order valence-corrected chi connectivity index (χ2v) is 4.92. The minimum absolute atomic E-state index is 0.243. The van der Waals surface area contributed by atoms with Crippen LogP contribution >= 0.6 is 11.6 Å². The first-order valence-corrected chi connectivity index (χ1v) is 6.61. The van der Waals surface area contributed by atoms with E-state index in [0.29, 0.717) is 5.28 Å². The summed E-state index contributed by atoms with van der Waals surface area (Å²) in [6.07, 6.45) is 4.21. The zero-order chi connectivity index (χ0) is 12.3. The third-order valence-corrected chi connectivity index (χ3v) is 3.20. The average molecular weight is 255 g/mol.